The minimum Gasteiger partial charge on any atom is -0.385 e. The standard InChI is InChI=1S/C17H29NOS/c1-4-12-18-17(15-10-7-6-8-11-15)16(5-2)20-14-9-13-19-3/h6-8,10-11,16-18H,4-5,9,12-14H2,1-3H3. The summed E-state index contributed by atoms with van der Waals surface area (Å²) in [6, 6.07) is 11.3. The molecule has 0 aliphatic heterocycles. The van der Waals surface area contributed by atoms with Gasteiger partial charge >= 0.3 is 0 Å². The zero-order valence-electron chi connectivity index (χ0n) is 13.1. The molecule has 2 atom stereocenters. The SMILES string of the molecule is CCCNC(c1ccccc1)C(CC)SCCCOC. The van der Waals surface area contributed by atoms with Gasteiger partial charge in [-0.1, -0.05) is 44.2 Å². The van der Waals surface area contributed by atoms with Crippen molar-refractivity contribution in [2.24, 2.45) is 0 Å². The monoisotopic (exact) mass is 295 g/mol. The molecule has 0 radical (unpaired) electrons. The number of nitrogens with one attached hydrogen (secondary N) is 1. The summed E-state index contributed by atoms with van der Waals surface area (Å²) in [6.07, 6.45) is 3.50. The lowest BCUT2D eigenvalue weighted by Gasteiger charge is -2.27. The lowest BCUT2D eigenvalue weighted by Crippen LogP contribution is -2.30. The van der Waals surface area contributed by atoms with Gasteiger partial charge in [0.15, 0.2) is 0 Å². The molecule has 1 N–H and O–H groups in total. The van der Waals surface area contributed by atoms with E-state index in [0.29, 0.717) is 11.3 Å². The Balaban J connectivity index is 2.63. The van der Waals surface area contributed by atoms with Crippen LogP contribution in [0.3, 0.4) is 0 Å². The molecule has 114 valence electrons. The van der Waals surface area contributed by atoms with Crippen LogP contribution in [-0.4, -0.2) is 31.3 Å². The van der Waals surface area contributed by atoms with Crippen molar-refractivity contribution in [3.8, 4) is 0 Å². The number of rotatable bonds is 11. The maximum Gasteiger partial charge on any atom is 0.0470 e. The van der Waals surface area contributed by atoms with E-state index in [-0.39, 0.29) is 0 Å². The van der Waals surface area contributed by atoms with Crippen LogP contribution in [-0.2, 0) is 4.74 Å². The quantitative estimate of drug-likeness (QED) is 0.616. The van der Waals surface area contributed by atoms with Crippen LogP contribution >= 0.6 is 11.8 Å². The Morgan fingerprint density at radius 3 is 2.55 bits per heavy atom. The van der Waals surface area contributed by atoms with Gasteiger partial charge in [-0.05, 0) is 37.1 Å². The van der Waals surface area contributed by atoms with E-state index in [2.05, 4.69) is 61.3 Å². The van der Waals surface area contributed by atoms with Gasteiger partial charge in [0.2, 0.25) is 0 Å². The molecular formula is C17H29NOS. The molecule has 3 heteroatoms. The van der Waals surface area contributed by atoms with Gasteiger partial charge in [0.1, 0.15) is 0 Å². The second-order valence-corrected chi connectivity index (χ2v) is 6.35. The highest BCUT2D eigenvalue weighted by atomic mass is 32.2. The van der Waals surface area contributed by atoms with Crippen LogP contribution in [0, 0.1) is 0 Å². The number of hydrogen-bond donors (Lipinski definition) is 1. The van der Waals surface area contributed by atoms with Gasteiger partial charge in [-0.2, -0.15) is 11.8 Å². The first-order valence-electron chi connectivity index (χ1n) is 7.72. The zero-order chi connectivity index (χ0) is 14.6. The fourth-order valence-corrected chi connectivity index (χ4v) is 3.58. The second kappa shape index (κ2) is 11.2. The summed E-state index contributed by atoms with van der Waals surface area (Å²) in [6.45, 7) is 6.45. The highest BCUT2D eigenvalue weighted by Gasteiger charge is 2.21. The Morgan fingerprint density at radius 1 is 1.20 bits per heavy atom. The third-order valence-corrected chi connectivity index (χ3v) is 4.93. The number of thioether (sulfide) groups is 1. The lowest BCUT2D eigenvalue weighted by molar-refractivity contribution is 0.200. The van der Waals surface area contributed by atoms with Crippen LogP contribution < -0.4 is 5.32 Å². The lowest BCUT2D eigenvalue weighted by atomic mass is 10.0. The second-order valence-electron chi connectivity index (χ2n) is 5.01. The minimum absolute atomic E-state index is 0.452. The van der Waals surface area contributed by atoms with Crippen molar-refractivity contribution < 1.29 is 4.74 Å². The van der Waals surface area contributed by atoms with Gasteiger partial charge in [0.25, 0.3) is 0 Å². The van der Waals surface area contributed by atoms with Gasteiger partial charge < -0.3 is 10.1 Å². The van der Waals surface area contributed by atoms with Crippen molar-refractivity contribution in [2.75, 3.05) is 26.0 Å². The Kier molecular flexibility index (Phi) is 9.81. The molecule has 0 amide bonds. The minimum atomic E-state index is 0.452. The van der Waals surface area contributed by atoms with Gasteiger partial charge in [-0.25, -0.2) is 0 Å². The molecule has 2 nitrogen and oxygen atoms in total. The molecule has 0 aliphatic rings. The summed E-state index contributed by atoms with van der Waals surface area (Å²) in [5.74, 6) is 1.17. The predicted molar refractivity (Wildman–Crippen MR) is 90.5 cm³/mol. The first-order chi connectivity index (χ1) is 9.83. The average molecular weight is 295 g/mol. The van der Waals surface area contributed by atoms with E-state index in [1.54, 1.807) is 7.11 Å². The molecule has 0 bridgehead atoms. The van der Waals surface area contributed by atoms with Crippen molar-refractivity contribution in [3.05, 3.63) is 35.9 Å². The van der Waals surface area contributed by atoms with Crippen molar-refractivity contribution in [1.29, 1.82) is 0 Å². The van der Waals surface area contributed by atoms with E-state index in [1.165, 1.54) is 24.2 Å². The Hall–Kier alpha value is -0.510. The van der Waals surface area contributed by atoms with Crippen LogP contribution in [0.1, 0.15) is 44.7 Å². The maximum absolute atomic E-state index is 5.14. The molecule has 0 aromatic heterocycles. The van der Waals surface area contributed by atoms with Crippen LogP contribution in [0.25, 0.3) is 0 Å². The molecule has 1 rings (SSSR count). The molecule has 1 aromatic rings. The molecule has 0 fully saturated rings. The third kappa shape index (κ3) is 6.29. The molecule has 0 heterocycles. The van der Waals surface area contributed by atoms with Crippen LogP contribution in [0.4, 0.5) is 0 Å². The Morgan fingerprint density at radius 2 is 1.95 bits per heavy atom. The molecule has 20 heavy (non-hydrogen) atoms. The maximum atomic E-state index is 5.14. The van der Waals surface area contributed by atoms with Crippen molar-refractivity contribution in [2.45, 2.75) is 44.4 Å². The molecule has 0 spiro atoms. The van der Waals surface area contributed by atoms with E-state index < -0.39 is 0 Å². The smallest absolute Gasteiger partial charge is 0.0470 e. The third-order valence-electron chi connectivity index (χ3n) is 3.37. The average Bonchev–Trinajstić information content (AvgIpc) is 2.50. The zero-order valence-corrected chi connectivity index (χ0v) is 13.9. The van der Waals surface area contributed by atoms with E-state index >= 15 is 0 Å². The number of methoxy groups -OCH3 is 1. The summed E-state index contributed by atoms with van der Waals surface area (Å²) in [7, 11) is 1.78. The van der Waals surface area contributed by atoms with Crippen molar-refractivity contribution in [3.63, 3.8) is 0 Å². The fourth-order valence-electron chi connectivity index (χ4n) is 2.31. The largest absolute Gasteiger partial charge is 0.385 e. The number of ether oxygens (including phenoxy) is 1. The highest BCUT2D eigenvalue weighted by molar-refractivity contribution is 7.99. The molecule has 2 unspecified atom stereocenters. The Labute approximate surface area is 128 Å². The van der Waals surface area contributed by atoms with Crippen LogP contribution in [0.15, 0.2) is 30.3 Å². The van der Waals surface area contributed by atoms with Gasteiger partial charge in [0, 0.05) is 25.0 Å². The van der Waals surface area contributed by atoms with Gasteiger partial charge in [-0.3, -0.25) is 0 Å². The van der Waals surface area contributed by atoms with Gasteiger partial charge in [0.05, 0.1) is 0 Å². The summed E-state index contributed by atoms with van der Waals surface area (Å²) >= 11 is 2.07. The van der Waals surface area contributed by atoms with E-state index in [0.717, 1.165) is 19.6 Å². The van der Waals surface area contributed by atoms with E-state index in [1.807, 2.05) is 0 Å². The summed E-state index contributed by atoms with van der Waals surface area (Å²) in [4.78, 5) is 0. The Bertz CT molecular complexity index is 331. The predicted octanol–water partition coefficient (Wildman–Crippen LogP) is 4.28. The summed E-state index contributed by atoms with van der Waals surface area (Å²) < 4.78 is 5.14. The summed E-state index contributed by atoms with van der Waals surface area (Å²) in [5.41, 5.74) is 1.41. The highest BCUT2D eigenvalue weighted by Crippen LogP contribution is 2.29. The topological polar surface area (TPSA) is 21.3 Å². The van der Waals surface area contributed by atoms with Gasteiger partial charge in [-0.15, -0.1) is 0 Å². The fraction of sp³-hybridized carbons (Fsp3) is 0.647. The molecular weight excluding hydrogens is 266 g/mol. The molecule has 0 saturated heterocycles. The van der Waals surface area contributed by atoms with Crippen LogP contribution in [0.2, 0.25) is 0 Å². The number of benzene rings is 1. The normalized spacial score (nSPS) is 14.2. The summed E-state index contributed by atoms with van der Waals surface area (Å²) in [5, 5.41) is 4.35. The van der Waals surface area contributed by atoms with Crippen molar-refractivity contribution >= 4 is 11.8 Å². The molecule has 1 aromatic carbocycles. The van der Waals surface area contributed by atoms with E-state index in [4.69, 9.17) is 4.74 Å². The van der Waals surface area contributed by atoms with E-state index in [9.17, 15) is 0 Å². The first kappa shape index (κ1) is 17.5. The molecule has 0 saturated carbocycles. The first-order valence-corrected chi connectivity index (χ1v) is 8.77. The van der Waals surface area contributed by atoms with Crippen LogP contribution in [0.5, 0.6) is 0 Å². The van der Waals surface area contributed by atoms with Crippen molar-refractivity contribution in [1.82, 2.24) is 5.32 Å². The molecule has 0 aliphatic carbocycles. The number of hydrogen-bond acceptors (Lipinski definition) is 3.